The van der Waals surface area contributed by atoms with Crippen LogP contribution >= 0.6 is 11.3 Å². The van der Waals surface area contributed by atoms with Crippen LogP contribution in [0.25, 0.3) is 81.6 Å². The highest BCUT2D eigenvalue weighted by Gasteiger charge is 2.21. The van der Waals surface area contributed by atoms with E-state index in [1.165, 1.54) is 47.6 Å². The summed E-state index contributed by atoms with van der Waals surface area (Å²) in [5.74, 6) is 1.56. The van der Waals surface area contributed by atoms with E-state index in [9.17, 15) is 0 Å². The molecule has 0 saturated heterocycles. The minimum absolute atomic E-state index is 0.709. The Kier molecular flexibility index (Phi) is 5.68. The topological polar surface area (TPSA) is 30.7 Å². The maximum atomic E-state index is 5.28. The van der Waals surface area contributed by atoms with Gasteiger partial charge in [-0.15, -0.1) is 11.3 Å². The molecule has 0 fully saturated rings. The van der Waals surface area contributed by atoms with Gasteiger partial charge in [-0.2, -0.15) is 0 Å². The fourth-order valence-electron chi connectivity index (χ4n) is 6.39. The van der Waals surface area contributed by atoms with Crippen molar-refractivity contribution in [3.8, 4) is 39.6 Å². The van der Waals surface area contributed by atoms with Gasteiger partial charge in [-0.1, -0.05) is 121 Å². The second-order valence-electron chi connectivity index (χ2n) is 11.0. The van der Waals surface area contributed by atoms with Gasteiger partial charge in [0.2, 0.25) is 0 Å². The SMILES string of the molecule is c1ccc(-c2ccc3c(c2)c2ccc4sc5ccccc5c4c2n3-c2cc(-c3ccccc3)nc(-c3ccccc3)n2)cc1. The molecule has 4 heteroatoms. The lowest BCUT2D eigenvalue weighted by atomic mass is 10.0. The Balaban J connectivity index is 1.43. The molecule has 0 N–H and O–H groups in total. The summed E-state index contributed by atoms with van der Waals surface area (Å²) in [4.78, 5) is 10.4. The zero-order valence-corrected chi connectivity index (χ0v) is 24.5. The Hall–Kier alpha value is -5.58. The maximum absolute atomic E-state index is 5.28. The Bertz CT molecular complexity index is 2420. The highest BCUT2D eigenvalue weighted by Crippen LogP contribution is 2.44. The van der Waals surface area contributed by atoms with Crippen LogP contribution in [0.3, 0.4) is 0 Å². The molecule has 3 nitrogen and oxygen atoms in total. The largest absolute Gasteiger partial charge is 0.293 e. The van der Waals surface area contributed by atoms with Crippen LogP contribution in [0.2, 0.25) is 0 Å². The molecule has 0 unspecified atom stereocenters. The second-order valence-corrected chi connectivity index (χ2v) is 12.1. The average Bonchev–Trinajstić information content (AvgIpc) is 3.64. The normalized spacial score (nSPS) is 11.6. The molecular weight excluding hydrogens is 555 g/mol. The van der Waals surface area contributed by atoms with E-state index in [0.717, 1.165) is 28.2 Å². The fourth-order valence-corrected chi connectivity index (χ4v) is 7.49. The van der Waals surface area contributed by atoms with Crippen molar-refractivity contribution in [1.82, 2.24) is 14.5 Å². The van der Waals surface area contributed by atoms with Crippen molar-refractivity contribution >= 4 is 53.3 Å². The fraction of sp³-hybridized carbons (Fsp3) is 0. The van der Waals surface area contributed by atoms with Gasteiger partial charge in [-0.05, 0) is 35.4 Å². The Morgan fingerprint density at radius 1 is 0.455 bits per heavy atom. The summed E-state index contributed by atoms with van der Waals surface area (Å²) >= 11 is 1.84. The number of fused-ring (bicyclic) bond motifs is 7. The van der Waals surface area contributed by atoms with E-state index in [-0.39, 0.29) is 0 Å². The molecule has 6 aromatic carbocycles. The molecule has 3 aromatic heterocycles. The molecule has 0 atom stereocenters. The molecule has 0 amide bonds. The first-order valence-electron chi connectivity index (χ1n) is 14.8. The van der Waals surface area contributed by atoms with Crippen molar-refractivity contribution in [3.63, 3.8) is 0 Å². The molecule has 206 valence electrons. The summed E-state index contributed by atoms with van der Waals surface area (Å²) in [7, 11) is 0. The Morgan fingerprint density at radius 2 is 1.14 bits per heavy atom. The lowest BCUT2D eigenvalue weighted by molar-refractivity contribution is 1.05. The van der Waals surface area contributed by atoms with Crippen LogP contribution in [0.15, 0.2) is 152 Å². The van der Waals surface area contributed by atoms with Gasteiger partial charge < -0.3 is 0 Å². The van der Waals surface area contributed by atoms with Crippen molar-refractivity contribution in [1.29, 1.82) is 0 Å². The van der Waals surface area contributed by atoms with E-state index in [1.54, 1.807) is 0 Å². The van der Waals surface area contributed by atoms with Crippen LogP contribution in [0, 0.1) is 0 Å². The van der Waals surface area contributed by atoms with Crippen LogP contribution in [-0.4, -0.2) is 14.5 Å². The van der Waals surface area contributed by atoms with Gasteiger partial charge in [0, 0.05) is 48.1 Å². The molecule has 3 heterocycles. The summed E-state index contributed by atoms with van der Waals surface area (Å²) in [6, 6.07) is 53.5. The molecule has 9 aromatic rings. The quantitative estimate of drug-likeness (QED) is 0.208. The van der Waals surface area contributed by atoms with Gasteiger partial charge in [-0.3, -0.25) is 4.57 Å². The van der Waals surface area contributed by atoms with E-state index in [0.29, 0.717) is 5.82 Å². The minimum atomic E-state index is 0.709. The minimum Gasteiger partial charge on any atom is -0.293 e. The van der Waals surface area contributed by atoms with E-state index >= 15 is 0 Å². The first-order valence-corrected chi connectivity index (χ1v) is 15.6. The van der Waals surface area contributed by atoms with Gasteiger partial charge in [0.1, 0.15) is 5.82 Å². The number of hydrogen-bond acceptors (Lipinski definition) is 3. The van der Waals surface area contributed by atoms with Crippen molar-refractivity contribution < 1.29 is 0 Å². The molecule has 44 heavy (non-hydrogen) atoms. The molecule has 0 saturated carbocycles. The predicted molar refractivity (Wildman–Crippen MR) is 186 cm³/mol. The van der Waals surface area contributed by atoms with Crippen molar-refractivity contribution in [2.75, 3.05) is 0 Å². The molecule has 0 spiro atoms. The zero-order chi connectivity index (χ0) is 29.0. The van der Waals surface area contributed by atoms with Crippen molar-refractivity contribution in [2.45, 2.75) is 0 Å². The Labute approximate surface area is 258 Å². The standard InChI is InChI=1S/C40H25N3S/c1-4-12-26(13-5-1)29-20-22-34-32(24-29)30-21-23-36-38(31-18-10-11-19-35(31)44-36)39(30)43(34)37-25-33(27-14-6-2-7-15-27)41-40(42-37)28-16-8-3-9-17-28/h1-25H. The first kappa shape index (κ1) is 25.0. The van der Waals surface area contributed by atoms with Crippen molar-refractivity contribution in [2.24, 2.45) is 0 Å². The van der Waals surface area contributed by atoms with Gasteiger partial charge >= 0.3 is 0 Å². The summed E-state index contributed by atoms with van der Waals surface area (Å²) in [5, 5.41) is 4.96. The Morgan fingerprint density at radius 3 is 1.91 bits per heavy atom. The number of benzene rings is 6. The number of rotatable bonds is 4. The average molecular weight is 580 g/mol. The van der Waals surface area contributed by atoms with E-state index in [1.807, 2.05) is 35.6 Å². The van der Waals surface area contributed by atoms with Crippen LogP contribution in [-0.2, 0) is 0 Å². The predicted octanol–water partition coefficient (Wildman–Crippen LogP) is 10.9. The lowest BCUT2D eigenvalue weighted by Crippen LogP contribution is -2.02. The van der Waals surface area contributed by atoms with E-state index < -0.39 is 0 Å². The third-order valence-corrected chi connectivity index (χ3v) is 9.55. The molecular formula is C40H25N3S. The molecule has 0 aliphatic carbocycles. The van der Waals surface area contributed by atoms with Crippen LogP contribution in [0.5, 0.6) is 0 Å². The van der Waals surface area contributed by atoms with Crippen LogP contribution in [0.1, 0.15) is 0 Å². The van der Waals surface area contributed by atoms with Crippen LogP contribution < -0.4 is 0 Å². The van der Waals surface area contributed by atoms with E-state index in [4.69, 9.17) is 9.97 Å². The van der Waals surface area contributed by atoms with Gasteiger partial charge in [0.25, 0.3) is 0 Å². The molecule has 0 aliphatic heterocycles. The monoisotopic (exact) mass is 579 g/mol. The number of aromatic nitrogens is 3. The lowest BCUT2D eigenvalue weighted by Gasteiger charge is -2.13. The molecule has 0 radical (unpaired) electrons. The number of thiophene rings is 1. The van der Waals surface area contributed by atoms with Gasteiger partial charge in [-0.25, -0.2) is 9.97 Å². The maximum Gasteiger partial charge on any atom is 0.162 e. The summed E-state index contributed by atoms with van der Waals surface area (Å²) in [5.41, 5.74) is 7.65. The second kappa shape index (κ2) is 10.0. The molecule has 0 aliphatic rings. The highest BCUT2D eigenvalue weighted by atomic mass is 32.1. The summed E-state index contributed by atoms with van der Waals surface area (Å²) < 4.78 is 4.92. The van der Waals surface area contributed by atoms with Crippen molar-refractivity contribution in [3.05, 3.63) is 152 Å². The molecule has 9 rings (SSSR count). The molecule has 0 bridgehead atoms. The summed E-state index contributed by atoms with van der Waals surface area (Å²) in [6.45, 7) is 0. The van der Waals surface area contributed by atoms with Crippen LogP contribution in [0.4, 0.5) is 0 Å². The zero-order valence-electron chi connectivity index (χ0n) is 23.7. The third-order valence-electron chi connectivity index (χ3n) is 8.42. The van der Waals surface area contributed by atoms with Gasteiger partial charge in [0.05, 0.1) is 16.7 Å². The summed E-state index contributed by atoms with van der Waals surface area (Å²) in [6.07, 6.45) is 0. The van der Waals surface area contributed by atoms with Gasteiger partial charge in [0.15, 0.2) is 5.82 Å². The van der Waals surface area contributed by atoms with E-state index in [2.05, 4.69) is 132 Å². The third kappa shape index (κ3) is 3.96. The smallest absolute Gasteiger partial charge is 0.162 e. The number of hydrogen-bond donors (Lipinski definition) is 0. The number of nitrogens with zero attached hydrogens (tertiary/aromatic N) is 3. The highest BCUT2D eigenvalue weighted by molar-refractivity contribution is 7.26. The first-order chi connectivity index (χ1) is 21.8.